The SMILES string of the molecule is C=C.CC12OCCC1[C@H](O)CO2.[HH].[HH]. The maximum Gasteiger partial charge on any atom is 0.171 e. The standard InChI is InChI=1S/C7H12O3.C2H4.2H2/c1-7-5(2-3-9-7)6(8)4-10-7;1-2;;/h5-6,8H,2-4H2,1H3;1-2H2;2*1H/t5?,6-,7?;;;/m1.../s1. The van der Waals surface area contributed by atoms with Gasteiger partial charge in [-0.1, -0.05) is 0 Å². The van der Waals surface area contributed by atoms with Crippen molar-refractivity contribution in [1.82, 2.24) is 0 Å². The molecule has 0 aromatic heterocycles. The average Bonchev–Trinajstić information content (AvgIpc) is 2.57. The number of hydrogen-bond donors (Lipinski definition) is 1. The lowest BCUT2D eigenvalue weighted by molar-refractivity contribution is -0.181. The lowest BCUT2D eigenvalue weighted by Gasteiger charge is -2.21. The molecule has 3 heteroatoms. The van der Waals surface area contributed by atoms with Crippen LogP contribution in [-0.2, 0) is 9.47 Å². The Morgan fingerprint density at radius 2 is 2.17 bits per heavy atom. The summed E-state index contributed by atoms with van der Waals surface area (Å²) in [6.07, 6.45) is 0.616. The Kier molecular flexibility index (Phi) is 2.88. The minimum absolute atomic E-state index is 0. The van der Waals surface area contributed by atoms with Crippen LogP contribution >= 0.6 is 0 Å². The van der Waals surface area contributed by atoms with E-state index in [0.717, 1.165) is 13.0 Å². The molecule has 2 saturated heterocycles. The minimum atomic E-state index is -0.473. The first kappa shape index (κ1) is 9.71. The zero-order valence-electron chi connectivity index (χ0n) is 7.45. The van der Waals surface area contributed by atoms with Crippen molar-refractivity contribution in [3.63, 3.8) is 0 Å². The molecule has 2 aliphatic rings. The Bertz CT molecular complexity index is 168. The van der Waals surface area contributed by atoms with Crippen molar-refractivity contribution in [2.24, 2.45) is 5.92 Å². The second kappa shape index (κ2) is 3.56. The third-order valence-electron chi connectivity index (χ3n) is 2.50. The topological polar surface area (TPSA) is 38.7 Å². The molecule has 2 aliphatic heterocycles. The van der Waals surface area contributed by atoms with Gasteiger partial charge < -0.3 is 14.6 Å². The molecule has 0 radical (unpaired) electrons. The van der Waals surface area contributed by atoms with E-state index in [-0.39, 0.29) is 14.9 Å². The van der Waals surface area contributed by atoms with Gasteiger partial charge in [0.25, 0.3) is 0 Å². The van der Waals surface area contributed by atoms with Crippen LogP contribution in [0.1, 0.15) is 16.2 Å². The fourth-order valence-corrected chi connectivity index (χ4v) is 1.82. The number of ether oxygens (including phenoxy) is 2. The summed E-state index contributed by atoms with van der Waals surface area (Å²) in [6.45, 7) is 9.06. The van der Waals surface area contributed by atoms with E-state index in [4.69, 9.17) is 9.47 Å². The molecule has 12 heavy (non-hydrogen) atoms. The largest absolute Gasteiger partial charge is 0.390 e. The summed E-state index contributed by atoms with van der Waals surface area (Å²) < 4.78 is 10.7. The third kappa shape index (κ3) is 1.40. The fourth-order valence-electron chi connectivity index (χ4n) is 1.82. The van der Waals surface area contributed by atoms with Crippen molar-refractivity contribution >= 4 is 0 Å². The highest BCUT2D eigenvalue weighted by atomic mass is 16.7. The molecule has 0 bridgehead atoms. The Hall–Kier alpha value is -0.380. The molecular formula is C9H20O3. The number of aliphatic hydroxyl groups excluding tert-OH is 1. The first-order valence-electron chi connectivity index (χ1n) is 4.18. The lowest BCUT2D eigenvalue weighted by Crippen LogP contribution is -2.30. The van der Waals surface area contributed by atoms with Gasteiger partial charge in [-0.05, 0) is 13.3 Å². The first-order valence-corrected chi connectivity index (χ1v) is 4.18. The highest BCUT2D eigenvalue weighted by Gasteiger charge is 2.50. The van der Waals surface area contributed by atoms with Crippen molar-refractivity contribution in [3.05, 3.63) is 13.2 Å². The molecule has 3 nitrogen and oxygen atoms in total. The number of aliphatic hydroxyl groups is 1. The van der Waals surface area contributed by atoms with Crippen LogP contribution in [0.4, 0.5) is 0 Å². The Labute approximate surface area is 76.0 Å². The van der Waals surface area contributed by atoms with Crippen LogP contribution in [0.15, 0.2) is 13.2 Å². The summed E-state index contributed by atoms with van der Waals surface area (Å²) in [5.74, 6) is -0.271. The zero-order valence-corrected chi connectivity index (χ0v) is 7.45. The second-order valence-electron chi connectivity index (χ2n) is 3.14. The van der Waals surface area contributed by atoms with Crippen molar-refractivity contribution in [2.75, 3.05) is 13.2 Å². The lowest BCUT2D eigenvalue weighted by atomic mass is 9.96. The highest BCUT2D eigenvalue weighted by molar-refractivity contribution is 4.91. The molecule has 0 saturated carbocycles. The van der Waals surface area contributed by atoms with Gasteiger partial charge in [0.1, 0.15) is 0 Å². The van der Waals surface area contributed by atoms with Crippen LogP contribution in [0, 0.1) is 5.92 Å². The van der Waals surface area contributed by atoms with Gasteiger partial charge in [-0.25, -0.2) is 0 Å². The second-order valence-corrected chi connectivity index (χ2v) is 3.14. The average molecular weight is 176 g/mol. The van der Waals surface area contributed by atoms with Gasteiger partial charge in [-0.3, -0.25) is 0 Å². The summed E-state index contributed by atoms with van der Waals surface area (Å²) in [5, 5.41) is 9.36. The van der Waals surface area contributed by atoms with Gasteiger partial charge in [0.05, 0.1) is 19.3 Å². The van der Waals surface area contributed by atoms with Crippen LogP contribution in [0.25, 0.3) is 0 Å². The molecule has 1 N–H and O–H groups in total. The van der Waals surface area contributed by atoms with Crippen LogP contribution < -0.4 is 0 Å². The van der Waals surface area contributed by atoms with E-state index >= 15 is 0 Å². The van der Waals surface area contributed by atoms with Crippen LogP contribution in [0.2, 0.25) is 0 Å². The van der Waals surface area contributed by atoms with Crippen molar-refractivity contribution in [3.8, 4) is 0 Å². The molecule has 0 aromatic carbocycles. The van der Waals surface area contributed by atoms with Gasteiger partial charge in [0.2, 0.25) is 0 Å². The maximum atomic E-state index is 9.36. The molecule has 3 atom stereocenters. The fraction of sp³-hybridized carbons (Fsp3) is 0.778. The van der Waals surface area contributed by atoms with Crippen LogP contribution in [0.3, 0.4) is 0 Å². The van der Waals surface area contributed by atoms with Gasteiger partial charge in [0, 0.05) is 8.77 Å². The molecule has 0 amide bonds. The van der Waals surface area contributed by atoms with Crippen molar-refractivity contribution < 1.29 is 17.4 Å². The van der Waals surface area contributed by atoms with Crippen molar-refractivity contribution in [1.29, 1.82) is 0 Å². The van der Waals surface area contributed by atoms with E-state index in [0.29, 0.717) is 6.61 Å². The van der Waals surface area contributed by atoms with E-state index in [9.17, 15) is 5.11 Å². The van der Waals surface area contributed by atoms with Gasteiger partial charge >= 0.3 is 0 Å². The summed E-state index contributed by atoms with van der Waals surface area (Å²) in [6, 6.07) is 0. The molecular weight excluding hydrogens is 156 g/mol. The Balaban J connectivity index is 0. The van der Waals surface area contributed by atoms with E-state index in [2.05, 4.69) is 13.2 Å². The minimum Gasteiger partial charge on any atom is -0.390 e. The number of hydrogen-bond acceptors (Lipinski definition) is 3. The Morgan fingerprint density at radius 1 is 1.50 bits per heavy atom. The smallest absolute Gasteiger partial charge is 0.171 e. The predicted octanol–water partition coefficient (Wildman–Crippen LogP) is 1.42. The number of rotatable bonds is 0. The quantitative estimate of drug-likeness (QED) is 0.567. The molecule has 0 spiro atoms. The summed E-state index contributed by atoms with van der Waals surface area (Å²) in [7, 11) is 0. The van der Waals surface area contributed by atoms with Crippen LogP contribution in [0.5, 0.6) is 0 Å². The molecule has 0 aromatic rings. The van der Waals surface area contributed by atoms with Crippen LogP contribution in [-0.4, -0.2) is 30.2 Å². The highest BCUT2D eigenvalue weighted by Crippen LogP contribution is 2.40. The van der Waals surface area contributed by atoms with Gasteiger partial charge in [-0.15, -0.1) is 13.2 Å². The summed E-state index contributed by atoms with van der Waals surface area (Å²) >= 11 is 0. The maximum absolute atomic E-state index is 9.36. The van der Waals surface area contributed by atoms with E-state index < -0.39 is 5.79 Å². The molecule has 2 rings (SSSR count). The van der Waals surface area contributed by atoms with Gasteiger partial charge in [-0.2, -0.15) is 0 Å². The molecule has 0 aliphatic carbocycles. The zero-order chi connectivity index (χ0) is 9.19. The van der Waals surface area contributed by atoms with Crippen molar-refractivity contribution in [2.45, 2.75) is 25.2 Å². The first-order chi connectivity index (χ1) is 5.72. The molecule has 2 unspecified atom stereocenters. The Morgan fingerprint density at radius 3 is 2.75 bits per heavy atom. The monoisotopic (exact) mass is 176 g/mol. The van der Waals surface area contributed by atoms with Gasteiger partial charge in [0.15, 0.2) is 5.79 Å². The van der Waals surface area contributed by atoms with E-state index in [1.54, 1.807) is 0 Å². The van der Waals surface area contributed by atoms with E-state index in [1.807, 2.05) is 6.92 Å². The molecule has 2 heterocycles. The van der Waals surface area contributed by atoms with E-state index in [1.165, 1.54) is 0 Å². The number of fused-ring (bicyclic) bond motifs is 1. The molecule has 2 fully saturated rings. The third-order valence-corrected chi connectivity index (χ3v) is 2.50. The molecule has 74 valence electrons. The summed E-state index contributed by atoms with van der Waals surface area (Å²) in [4.78, 5) is 0. The normalized spacial score (nSPS) is 44.8. The predicted molar refractivity (Wildman–Crippen MR) is 49.9 cm³/mol. The summed E-state index contributed by atoms with van der Waals surface area (Å²) in [5.41, 5.74) is 0.